The molecule has 3 N–H and O–H groups in total. The molecule has 0 unspecified atom stereocenters. The van der Waals surface area contributed by atoms with Crippen molar-refractivity contribution < 1.29 is 14.7 Å². The van der Waals surface area contributed by atoms with Crippen LogP contribution in [0.4, 0.5) is 0 Å². The molecule has 6 heteroatoms. The van der Waals surface area contributed by atoms with Crippen molar-refractivity contribution in [2.45, 2.75) is 31.5 Å². The highest BCUT2D eigenvalue weighted by Gasteiger charge is 2.35. The predicted octanol–water partition coefficient (Wildman–Crippen LogP) is -0.897. The summed E-state index contributed by atoms with van der Waals surface area (Å²) >= 11 is 1.62. The second kappa shape index (κ2) is 5.37. The van der Waals surface area contributed by atoms with Crippen LogP contribution in [0.2, 0.25) is 0 Å². The van der Waals surface area contributed by atoms with Crippen molar-refractivity contribution in [2.75, 3.05) is 12.0 Å². The van der Waals surface area contributed by atoms with Gasteiger partial charge in [-0.05, 0) is 25.4 Å². The van der Waals surface area contributed by atoms with E-state index in [0.29, 0.717) is 6.42 Å². The molecule has 0 spiro atoms. The molecule has 0 radical (unpaired) electrons. The van der Waals surface area contributed by atoms with Crippen molar-refractivity contribution >= 4 is 23.6 Å². The fourth-order valence-corrected chi connectivity index (χ4v) is 1.90. The summed E-state index contributed by atoms with van der Waals surface area (Å²) < 4.78 is 0. The van der Waals surface area contributed by atoms with Gasteiger partial charge in [0.25, 0.3) is 0 Å². The van der Waals surface area contributed by atoms with Gasteiger partial charge in [-0.25, -0.2) is 0 Å². The Morgan fingerprint density at radius 3 is 2.60 bits per heavy atom. The maximum Gasteiger partial charge on any atom is 0.245 e. The molecule has 1 aliphatic heterocycles. The number of aliphatic hydroxyl groups is 1. The normalized spacial score (nSPS) is 28.2. The average Bonchev–Trinajstić information content (AvgIpc) is 2.18. The number of amides is 2. The molecule has 86 valence electrons. The molecule has 3 atom stereocenters. The Balaban J connectivity index is 2.55. The molecule has 0 aromatic rings. The van der Waals surface area contributed by atoms with E-state index in [0.717, 1.165) is 5.75 Å². The fourth-order valence-electron chi connectivity index (χ4n) is 1.43. The van der Waals surface area contributed by atoms with Crippen molar-refractivity contribution in [3.8, 4) is 0 Å². The van der Waals surface area contributed by atoms with Crippen molar-refractivity contribution in [3.63, 3.8) is 0 Å². The summed E-state index contributed by atoms with van der Waals surface area (Å²) in [6.45, 7) is 1.48. The predicted molar refractivity (Wildman–Crippen MR) is 58.5 cm³/mol. The van der Waals surface area contributed by atoms with Gasteiger partial charge in [0.05, 0.1) is 6.10 Å². The maximum atomic E-state index is 11.5. The van der Waals surface area contributed by atoms with Gasteiger partial charge in [0.2, 0.25) is 11.8 Å². The second-order valence-electron chi connectivity index (χ2n) is 3.57. The molecule has 15 heavy (non-hydrogen) atoms. The van der Waals surface area contributed by atoms with Gasteiger partial charge in [-0.2, -0.15) is 11.8 Å². The Kier molecular flexibility index (Phi) is 4.41. The summed E-state index contributed by atoms with van der Waals surface area (Å²) in [6, 6.07) is -1.28. The summed E-state index contributed by atoms with van der Waals surface area (Å²) in [5.74, 6) is 0.294. The number of hydrogen-bond acceptors (Lipinski definition) is 4. The molecule has 0 aromatic carbocycles. The number of rotatable bonds is 4. The van der Waals surface area contributed by atoms with E-state index in [1.807, 2.05) is 6.26 Å². The smallest absolute Gasteiger partial charge is 0.245 e. The highest BCUT2D eigenvalue weighted by molar-refractivity contribution is 7.98. The van der Waals surface area contributed by atoms with E-state index in [4.69, 9.17) is 0 Å². The highest BCUT2D eigenvalue weighted by Crippen LogP contribution is 2.07. The van der Waals surface area contributed by atoms with Crippen LogP contribution in [0.1, 0.15) is 13.3 Å². The molecule has 1 heterocycles. The summed E-state index contributed by atoms with van der Waals surface area (Å²) in [5, 5.41) is 14.4. The quantitative estimate of drug-likeness (QED) is 0.587. The van der Waals surface area contributed by atoms with Crippen LogP contribution >= 0.6 is 11.8 Å². The van der Waals surface area contributed by atoms with Crippen LogP contribution in [-0.2, 0) is 9.59 Å². The zero-order valence-electron chi connectivity index (χ0n) is 8.82. The maximum absolute atomic E-state index is 11.5. The molecular formula is C9H16N2O3S. The van der Waals surface area contributed by atoms with Gasteiger partial charge < -0.3 is 15.7 Å². The standard InChI is InChI=1S/C9H16N2O3S/c1-5(12)7-9(14)10-6(3-4-15-2)8(13)11-7/h5-7,12H,3-4H2,1-2H3,(H,10,14)(H,11,13)/t5-,6-,7-/m0/s1. The third-order valence-corrected chi connectivity index (χ3v) is 2.95. The van der Waals surface area contributed by atoms with Crippen LogP contribution < -0.4 is 10.6 Å². The third kappa shape index (κ3) is 3.10. The number of thioether (sulfide) groups is 1. The van der Waals surface area contributed by atoms with E-state index in [1.54, 1.807) is 11.8 Å². The number of carbonyl (C=O) groups excluding carboxylic acids is 2. The Labute approximate surface area is 93.0 Å². The molecular weight excluding hydrogens is 216 g/mol. The van der Waals surface area contributed by atoms with Gasteiger partial charge >= 0.3 is 0 Å². The van der Waals surface area contributed by atoms with Gasteiger partial charge in [0.1, 0.15) is 12.1 Å². The second-order valence-corrected chi connectivity index (χ2v) is 4.56. The number of hydrogen-bond donors (Lipinski definition) is 3. The lowest BCUT2D eigenvalue weighted by molar-refractivity contribution is -0.139. The molecule has 0 aromatic heterocycles. The summed E-state index contributed by atoms with van der Waals surface area (Å²) in [5.41, 5.74) is 0. The van der Waals surface area contributed by atoms with E-state index in [-0.39, 0.29) is 11.8 Å². The first-order valence-corrected chi connectivity index (χ1v) is 6.23. The number of piperazine rings is 1. The summed E-state index contributed by atoms with van der Waals surface area (Å²) in [4.78, 5) is 23.0. The molecule has 1 fully saturated rings. The Bertz CT molecular complexity index is 258. The van der Waals surface area contributed by atoms with Crippen LogP contribution in [0.5, 0.6) is 0 Å². The molecule has 0 bridgehead atoms. The molecule has 2 amide bonds. The van der Waals surface area contributed by atoms with E-state index in [9.17, 15) is 14.7 Å². The number of carbonyl (C=O) groups is 2. The Morgan fingerprint density at radius 2 is 2.07 bits per heavy atom. The molecule has 1 rings (SSSR count). The highest BCUT2D eigenvalue weighted by atomic mass is 32.2. The van der Waals surface area contributed by atoms with Gasteiger partial charge in [-0.3, -0.25) is 9.59 Å². The van der Waals surface area contributed by atoms with Gasteiger partial charge in [-0.15, -0.1) is 0 Å². The minimum absolute atomic E-state index is 0.213. The zero-order chi connectivity index (χ0) is 11.4. The first kappa shape index (κ1) is 12.3. The van der Waals surface area contributed by atoms with E-state index in [1.165, 1.54) is 6.92 Å². The fraction of sp³-hybridized carbons (Fsp3) is 0.778. The summed E-state index contributed by atoms with van der Waals surface area (Å²) in [6.07, 6.45) is 1.70. The van der Waals surface area contributed by atoms with Crippen LogP contribution in [0.15, 0.2) is 0 Å². The van der Waals surface area contributed by atoms with Gasteiger partial charge in [-0.1, -0.05) is 0 Å². The molecule has 0 aliphatic carbocycles. The van der Waals surface area contributed by atoms with Crippen molar-refractivity contribution in [2.24, 2.45) is 0 Å². The van der Waals surface area contributed by atoms with E-state index < -0.39 is 18.2 Å². The molecule has 0 saturated carbocycles. The lowest BCUT2D eigenvalue weighted by Gasteiger charge is -2.30. The van der Waals surface area contributed by atoms with Crippen LogP contribution in [0, 0.1) is 0 Å². The first-order valence-electron chi connectivity index (χ1n) is 4.84. The zero-order valence-corrected chi connectivity index (χ0v) is 9.63. The van der Waals surface area contributed by atoms with Crippen LogP contribution in [0.3, 0.4) is 0 Å². The minimum Gasteiger partial charge on any atom is -0.391 e. The lowest BCUT2D eigenvalue weighted by Crippen LogP contribution is -2.64. The molecule has 5 nitrogen and oxygen atoms in total. The molecule has 1 aliphatic rings. The average molecular weight is 232 g/mol. The van der Waals surface area contributed by atoms with Crippen molar-refractivity contribution in [1.29, 1.82) is 0 Å². The summed E-state index contributed by atoms with van der Waals surface area (Å²) in [7, 11) is 0. The van der Waals surface area contributed by atoms with E-state index in [2.05, 4.69) is 10.6 Å². The largest absolute Gasteiger partial charge is 0.391 e. The van der Waals surface area contributed by atoms with Crippen molar-refractivity contribution in [3.05, 3.63) is 0 Å². The number of aliphatic hydroxyl groups excluding tert-OH is 1. The Morgan fingerprint density at radius 1 is 1.40 bits per heavy atom. The van der Waals surface area contributed by atoms with E-state index >= 15 is 0 Å². The van der Waals surface area contributed by atoms with Crippen LogP contribution in [-0.4, -0.2) is 47.1 Å². The van der Waals surface area contributed by atoms with Gasteiger partial charge in [0, 0.05) is 0 Å². The van der Waals surface area contributed by atoms with Crippen LogP contribution in [0.25, 0.3) is 0 Å². The van der Waals surface area contributed by atoms with Crippen molar-refractivity contribution in [1.82, 2.24) is 10.6 Å². The lowest BCUT2D eigenvalue weighted by atomic mass is 10.1. The van der Waals surface area contributed by atoms with Gasteiger partial charge in [0.15, 0.2) is 0 Å². The SMILES string of the molecule is CSCC[C@@H]1NC(=O)[C@H]([C@H](C)O)NC1=O. The number of nitrogens with one attached hydrogen (secondary N) is 2. The third-order valence-electron chi connectivity index (χ3n) is 2.31. The topological polar surface area (TPSA) is 78.4 Å². The Hall–Kier alpha value is -0.750. The monoisotopic (exact) mass is 232 g/mol. The molecule has 1 saturated heterocycles. The minimum atomic E-state index is -0.865. The first-order chi connectivity index (χ1) is 7.06.